The monoisotopic (exact) mass is 383 g/mol. The normalized spacial score (nSPS) is 13.5. The molecular formula is C20H25N5O3. The van der Waals surface area contributed by atoms with Crippen LogP contribution in [0.2, 0.25) is 0 Å². The van der Waals surface area contributed by atoms with Crippen LogP contribution in [0.3, 0.4) is 0 Å². The maximum absolute atomic E-state index is 13.1. The topological polar surface area (TPSA) is 74.3 Å². The van der Waals surface area contributed by atoms with Crippen molar-refractivity contribution in [3.8, 4) is 5.75 Å². The quantitative estimate of drug-likeness (QED) is 0.675. The molecule has 0 saturated carbocycles. The van der Waals surface area contributed by atoms with Crippen LogP contribution >= 0.6 is 0 Å². The molecule has 0 N–H and O–H groups in total. The Kier molecular flexibility index (Phi) is 4.49. The van der Waals surface area contributed by atoms with Crippen molar-refractivity contribution < 1.29 is 4.74 Å². The summed E-state index contributed by atoms with van der Waals surface area (Å²) in [5.74, 6) is 1.85. The summed E-state index contributed by atoms with van der Waals surface area (Å²) in [7, 11) is 3.31. The molecule has 0 fully saturated rings. The molecule has 1 aliphatic rings. The standard InChI is InChI=1S/C20H25N5O3/c1-13(2)8-9-25-18(26)16-17(22(3)20(25)27)21-19-23(10-11-24(16)19)14-6-5-7-15(12-14)28-4/h5-7,12-13H,8-11H2,1-4H3. The summed E-state index contributed by atoms with van der Waals surface area (Å²) >= 11 is 0. The first-order valence-electron chi connectivity index (χ1n) is 9.54. The van der Waals surface area contributed by atoms with Gasteiger partial charge < -0.3 is 14.2 Å². The van der Waals surface area contributed by atoms with Gasteiger partial charge >= 0.3 is 5.69 Å². The highest BCUT2D eigenvalue weighted by Crippen LogP contribution is 2.33. The number of methoxy groups -OCH3 is 1. The minimum absolute atomic E-state index is 0.259. The molecule has 0 radical (unpaired) electrons. The van der Waals surface area contributed by atoms with Crippen LogP contribution in [-0.4, -0.2) is 32.3 Å². The SMILES string of the molecule is COc1cccc(N2CCn3c2nc2c3c(=O)n(CCC(C)C)c(=O)n2C)c1. The fourth-order valence-electron chi connectivity index (χ4n) is 3.69. The zero-order valence-corrected chi connectivity index (χ0v) is 16.7. The number of rotatable bonds is 5. The molecule has 0 spiro atoms. The number of benzene rings is 1. The highest BCUT2D eigenvalue weighted by atomic mass is 16.5. The van der Waals surface area contributed by atoms with Crippen molar-refractivity contribution in [1.29, 1.82) is 0 Å². The number of aromatic nitrogens is 4. The number of fused-ring (bicyclic) bond motifs is 3. The van der Waals surface area contributed by atoms with Crippen LogP contribution in [0.1, 0.15) is 20.3 Å². The molecule has 3 heterocycles. The molecular weight excluding hydrogens is 358 g/mol. The maximum atomic E-state index is 13.1. The van der Waals surface area contributed by atoms with E-state index in [0.29, 0.717) is 42.7 Å². The summed E-state index contributed by atoms with van der Waals surface area (Å²) in [5.41, 5.74) is 1.29. The minimum atomic E-state index is -0.317. The lowest BCUT2D eigenvalue weighted by Crippen LogP contribution is -2.40. The lowest BCUT2D eigenvalue weighted by molar-refractivity contribution is 0.415. The third-order valence-corrected chi connectivity index (χ3v) is 5.30. The molecule has 3 aromatic rings. The first kappa shape index (κ1) is 18.3. The Morgan fingerprint density at radius 1 is 1.21 bits per heavy atom. The number of imidazole rings is 1. The summed E-state index contributed by atoms with van der Waals surface area (Å²) in [4.78, 5) is 32.6. The van der Waals surface area contributed by atoms with Gasteiger partial charge in [0.2, 0.25) is 5.95 Å². The van der Waals surface area contributed by atoms with Gasteiger partial charge in [-0.1, -0.05) is 19.9 Å². The highest BCUT2D eigenvalue weighted by molar-refractivity contribution is 5.77. The summed E-state index contributed by atoms with van der Waals surface area (Å²) in [5, 5.41) is 0. The third-order valence-electron chi connectivity index (χ3n) is 5.30. The van der Waals surface area contributed by atoms with Crippen LogP contribution in [0.15, 0.2) is 33.9 Å². The molecule has 148 valence electrons. The Balaban J connectivity index is 1.87. The smallest absolute Gasteiger partial charge is 0.332 e. The molecule has 8 heteroatoms. The van der Waals surface area contributed by atoms with Gasteiger partial charge in [0.15, 0.2) is 11.2 Å². The van der Waals surface area contributed by atoms with E-state index in [1.165, 1.54) is 9.13 Å². The number of nitrogens with zero attached hydrogens (tertiary/aromatic N) is 5. The van der Waals surface area contributed by atoms with Crippen LogP contribution in [0.25, 0.3) is 11.2 Å². The van der Waals surface area contributed by atoms with E-state index in [0.717, 1.165) is 17.9 Å². The fraction of sp³-hybridized carbons (Fsp3) is 0.450. The second-order valence-corrected chi connectivity index (χ2v) is 7.57. The van der Waals surface area contributed by atoms with Gasteiger partial charge in [-0.2, -0.15) is 4.98 Å². The lowest BCUT2D eigenvalue weighted by Gasteiger charge is -2.16. The molecule has 0 aliphatic carbocycles. The van der Waals surface area contributed by atoms with Gasteiger partial charge in [-0.25, -0.2) is 4.79 Å². The van der Waals surface area contributed by atoms with E-state index in [4.69, 9.17) is 4.74 Å². The Morgan fingerprint density at radius 2 is 2.00 bits per heavy atom. The number of ether oxygens (including phenoxy) is 1. The van der Waals surface area contributed by atoms with Gasteiger partial charge in [-0.3, -0.25) is 13.9 Å². The van der Waals surface area contributed by atoms with Crippen molar-refractivity contribution in [1.82, 2.24) is 18.7 Å². The average molecular weight is 383 g/mol. The predicted molar refractivity (Wildman–Crippen MR) is 109 cm³/mol. The predicted octanol–water partition coefficient (Wildman–Crippen LogP) is 2.10. The molecule has 0 atom stereocenters. The molecule has 1 aliphatic heterocycles. The molecule has 1 aromatic carbocycles. The largest absolute Gasteiger partial charge is 0.497 e. The van der Waals surface area contributed by atoms with Gasteiger partial charge in [0.05, 0.1) is 7.11 Å². The van der Waals surface area contributed by atoms with E-state index in [2.05, 4.69) is 18.8 Å². The fourth-order valence-corrected chi connectivity index (χ4v) is 3.69. The van der Waals surface area contributed by atoms with Gasteiger partial charge in [0, 0.05) is 38.4 Å². The lowest BCUT2D eigenvalue weighted by atomic mass is 10.1. The molecule has 28 heavy (non-hydrogen) atoms. The number of aryl methyl sites for hydroxylation is 1. The summed E-state index contributed by atoms with van der Waals surface area (Å²) in [6.45, 7) is 5.92. The second kappa shape index (κ2) is 6.85. The zero-order chi connectivity index (χ0) is 20.0. The van der Waals surface area contributed by atoms with Crippen molar-refractivity contribution in [2.75, 3.05) is 18.6 Å². The molecule has 8 nitrogen and oxygen atoms in total. The van der Waals surface area contributed by atoms with Gasteiger partial charge in [-0.05, 0) is 24.5 Å². The molecule has 0 amide bonds. The van der Waals surface area contributed by atoms with Crippen LogP contribution in [0, 0.1) is 5.92 Å². The van der Waals surface area contributed by atoms with Crippen molar-refractivity contribution >= 4 is 22.8 Å². The third kappa shape index (κ3) is 2.80. The first-order valence-corrected chi connectivity index (χ1v) is 9.54. The van der Waals surface area contributed by atoms with E-state index in [-0.39, 0.29) is 11.2 Å². The molecule has 0 saturated heterocycles. The van der Waals surface area contributed by atoms with Crippen LogP contribution in [-0.2, 0) is 20.1 Å². The van der Waals surface area contributed by atoms with E-state index in [9.17, 15) is 9.59 Å². The highest BCUT2D eigenvalue weighted by Gasteiger charge is 2.28. The Labute approximate surface area is 162 Å². The van der Waals surface area contributed by atoms with Gasteiger partial charge in [0.25, 0.3) is 5.56 Å². The van der Waals surface area contributed by atoms with Crippen LogP contribution < -0.4 is 20.9 Å². The van der Waals surface area contributed by atoms with E-state index in [1.807, 2.05) is 33.7 Å². The average Bonchev–Trinajstić information content (AvgIpc) is 3.25. The second-order valence-electron chi connectivity index (χ2n) is 7.57. The Bertz CT molecular complexity index is 1160. The Morgan fingerprint density at radius 3 is 2.71 bits per heavy atom. The molecule has 2 aromatic heterocycles. The van der Waals surface area contributed by atoms with E-state index in [1.54, 1.807) is 14.2 Å². The van der Waals surface area contributed by atoms with Crippen molar-refractivity contribution in [2.24, 2.45) is 13.0 Å². The van der Waals surface area contributed by atoms with E-state index < -0.39 is 0 Å². The number of hydrogen-bond donors (Lipinski definition) is 0. The van der Waals surface area contributed by atoms with E-state index >= 15 is 0 Å². The van der Waals surface area contributed by atoms with Crippen molar-refractivity contribution in [3.63, 3.8) is 0 Å². The summed E-state index contributed by atoms with van der Waals surface area (Å²) < 4.78 is 10.1. The van der Waals surface area contributed by atoms with Crippen LogP contribution in [0.4, 0.5) is 11.6 Å². The number of anilines is 2. The zero-order valence-electron chi connectivity index (χ0n) is 16.7. The van der Waals surface area contributed by atoms with Gasteiger partial charge in [0.1, 0.15) is 5.75 Å². The molecule has 0 bridgehead atoms. The van der Waals surface area contributed by atoms with Gasteiger partial charge in [-0.15, -0.1) is 0 Å². The summed E-state index contributed by atoms with van der Waals surface area (Å²) in [6, 6.07) is 7.74. The Hall–Kier alpha value is -3.03. The number of hydrogen-bond acceptors (Lipinski definition) is 5. The summed E-state index contributed by atoms with van der Waals surface area (Å²) in [6.07, 6.45) is 0.775. The van der Waals surface area contributed by atoms with Crippen molar-refractivity contribution in [3.05, 3.63) is 45.1 Å². The maximum Gasteiger partial charge on any atom is 0.332 e. The van der Waals surface area contributed by atoms with Crippen LogP contribution in [0.5, 0.6) is 5.75 Å². The first-order chi connectivity index (χ1) is 13.4. The minimum Gasteiger partial charge on any atom is -0.497 e. The molecule has 0 unspecified atom stereocenters. The molecule has 4 rings (SSSR count). The van der Waals surface area contributed by atoms with Crippen molar-refractivity contribution in [2.45, 2.75) is 33.4 Å².